The fourth-order valence-electron chi connectivity index (χ4n) is 4.60. The minimum Gasteiger partial charge on any atom is -0.294 e. The highest BCUT2D eigenvalue weighted by atomic mass is 35.5. The number of hydrogen-bond acceptors (Lipinski definition) is 3. The summed E-state index contributed by atoms with van der Waals surface area (Å²) in [6, 6.07) is 15.3. The molecule has 1 unspecified atom stereocenters. The van der Waals surface area contributed by atoms with Gasteiger partial charge >= 0.3 is 11.4 Å². The van der Waals surface area contributed by atoms with Gasteiger partial charge in [-0.1, -0.05) is 55.8 Å². The lowest BCUT2D eigenvalue weighted by molar-refractivity contribution is -0.118. The number of fused-ring (bicyclic) bond motifs is 2. The van der Waals surface area contributed by atoms with Crippen LogP contribution in [-0.2, 0) is 4.79 Å². The van der Waals surface area contributed by atoms with Crippen molar-refractivity contribution in [1.82, 2.24) is 13.9 Å². The van der Waals surface area contributed by atoms with Crippen LogP contribution in [0, 0.1) is 5.41 Å². The molecule has 2 aliphatic rings. The minimum absolute atomic E-state index is 0.0255. The highest BCUT2D eigenvalue weighted by Gasteiger charge is 2.45. The van der Waals surface area contributed by atoms with E-state index in [0.717, 1.165) is 5.56 Å². The van der Waals surface area contributed by atoms with E-state index < -0.39 is 17.4 Å². The van der Waals surface area contributed by atoms with E-state index in [9.17, 15) is 14.4 Å². The van der Waals surface area contributed by atoms with E-state index in [1.54, 1.807) is 48.5 Å². The van der Waals surface area contributed by atoms with Gasteiger partial charge in [0.1, 0.15) is 6.04 Å². The van der Waals surface area contributed by atoms with Crippen LogP contribution in [0.25, 0.3) is 11.4 Å². The standard InChI is InChI=1S/C23H20ClN3O3/c1-23(2)12-17-19(18(28)13-23)20(14-8-10-15(24)11-9-14)27-22(30)25(21(29)26(17)27)16-6-4-3-5-7-16/h3-11,20H,12-13H2,1-2H3. The minimum atomic E-state index is -0.647. The molecule has 7 heteroatoms. The van der Waals surface area contributed by atoms with Gasteiger partial charge < -0.3 is 0 Å². The summed E-state index contributed by atoms with van der Waals surface area (Å²) in [4.78, 5) is 40.1. The fraction of sp³-hybridized carbons (Fsp3) is 0.261. The molecule has 2 heterocycles. The number of carbonyl (C=O) groups is 1. The van der Waals surface area contributed by atoms with E-state index in [1.165, 1.54) is 13.9 Å². The van der Waals surface area contributed by atoms with Gasteiger partial charge in [0.15, 0.2) is 5.78 Å². The van der Waals surface area contributed by atoms with Crippen LogP contribution in [0.15, 0.2) is 69.8 Å². The number of hydrogen-bond donors (Lipinski definition) is 0. The Morgan fingerprint density at radius 1 is 0.900 bits per heavy atom. The third-order valence-electron chi connectivity index (χ3n) is 5.85. The number of carbonyl (C=O) groups excluding carboxylic acids is 1. The molecule has 0 saturated heterocycles. The Morgan fingerprint density at radius 3 is 2.23 bits per heavy atom. The monoisotopic (exact) mass is 421 g/mol. The van der Waals surface area contributed by atoms with Crippen molar-refractivity contribution >= 4 is 23.1 Å². The zero-order valence-electron chi connectivity index (χ0n) is 16.6. The number of halogens is 1. The van der Waals surface area contributed by atoms with E-state index in [0.29, 0.717) is 34.8 Å². The van der Waals surface area contributed by atoms with Crippen LogP contribution in [0.2, 0.25) is 5.02 Å². The topological polar surface area (TPSA) is 66.0 Å². The molecule has 1 aliphatic carbocycles. The first-order chi connectivity index (χ1) is 14.3. The van der Waals surface area contributed by atoms with Crippen LogP contribution in [0.1, 0.15) is 38.3 Å². The van der Waals surface area contributed by atoms with E-state index in [4.69, 9.17) is 11.6 Å². The molecule has 3 aromatic rings. The summed E-state index contributed by atoms with van der Waals surface area (Å²) in [6.07, 6.45) is 0.915. The number of Topliss-reactive ketones (excluding diaryl/α,β-unsaturated/α-hetero) is 1. The molecule has 152 valence electrons. The molecular weight excluding hydrogens is 402 g/mol. The lowest BCUT2D eigenvalue weighted by Gasteiger charge is -2.30. The third-order valence-corrected chi connectivity index (χ3v) is 6.10. The molecule has 0 bridgehead atoms. The third kappa shape index (κ3) is 2.67. The van der Waals surface area contributed by atoms with Crippen molar-refractivity contribution in [3.05, 3.63) is 91.7 Å². The highest BCUT2D eigenvalue weighted by molar-refractivity contribution is 6.30. The predicted molar refractivity (Wildman–Crippen MR) is 115 cm³/mol. The van der Waals surface area contributed by atoms with Crippen LogP contribution in [0.3, 0.4) is 0 Å². The fourth-order valence-corrected chi connectivity index (χ4v) is 4.73. The van der Waals surface area contributed by atoms with E-state index in [2.05, 4.69) is 0 Å². The average molecular weight is 422 g/mol. The van der Waals surface area contributed by atoms with Gasteiger partial charge in [0.25, 0.3) is 0 Å². The van der Waals surface area contributed by atoms with E-state index in [1.807, 2.05) is 19.9 Å². The Morgan fingerprint density at radius 2 is 1.57 bits per heavy atom. The van der Waals surface area contributed by atoms with Gasteiger partial charge in [-0.25, -0.2) is 23.5 Å². The molecule has 0 saturated carbocycles. The van der Waals surface area contributed by atoms with Crippen molar-refractivity contribution in [3.8, 4) is 5.69 Å². The van der Waals surface area contributed by atoms with Crippen molar-refractivity contribution < 1.29 is 4.79 Å². The Kier molecular flexibility index (Phi) is 4.05. The summed E-state index contributed by atoms with van der Waals surface area (Å²) < 4.78 is 3.99. The van der Waals surface area contributed by atoms with Crippen LogP contribution in [0.5, 0.6) is 0 Å². The normalized spacial score (nSPS) is 19.7. The zero-order chi connectivity index (χ0) is 21.2. The number of ketones is 1. The van der Waals surface area contributed by atoms with Crippen molar-refractivity contribution in [1.29, 1.82) is 0 Å². The first kappa shape index (κ1) is 18.9. The molecule has 30 heavy (non-hydrogen) atoms. The first-order valence-electron chi connectivity index (χ1n) is 9.82. The summed E-state index contributed by atoms with van der Waals surface area (Å²) in [5, 5.41) is 0.564. The van der Waals surface area contributed by atoms with Gasteiger partial charge in [0, 0.05) is 17.0 Å². The van der Waals surface area contributed by atoms with Gasteiger partial charge in [0.05, 0.1) is 11.4 Å². The zero-order valence-corrected chi connectivity index (χ0v) is 17.4. The number of para-hydroxylation sites is 1. The van der Waals surface area contributed by atoms with Crippen molar-refractivity contribution in [3.63, 3.8) is 0 Å². The summed E-state index contributed by atoms with van der Waals surface area (Å²) in [7, 11) is 0. The maximum absolute atomic E-state index is 13.5. The van der Waals surface area contributed by atoms with Gasteiger partial charge in [-0.2, -0.15) is 0 Å². The lowest BCUT2D eigenvalue weighted by Crippen LogP contribution is -2.33. The Labute approximate surface area is 177 Å². The molecule has 1 atom stereocenters. The molecule has 1 aromatic heterocycles. The van der Waals surface area contributed by atoms with E-state index >= 15 is 0 Å². The van der Waals surface area contributed by atoms with Crippen molar-refractivity contribution in [2.24, 2.45) is 5.41 Å². The number of aromatic nitrogens is 3. The molecule has 0 amide bonds. The number of nitrogens with zero attached hydrogens (tertiary/aromatic N) is 3. The number of allylic oxidation sites excluding steroid dienone is 2. The van der Waals surface area contributed by atoms with Crippen molar-refractivity contribution in [2.75, 3.05) is 0 Å². The summed E-state index contributed by atoms with van der Waals surface area (Å²) in [5.74, 6) is -0.0255. The summed E-state index contributed by atoms with van der Waals surface area (Å²) >= 11 is 6.06. The maximum Gasteiger partial charge on any atom is 0.356 e. The molecular formula is C23H20ClN3O3. The predicted octanol–water partition coefficient (Wildman–Crippen LogP) is 3.66. The molecule has 1 aliphatic heterocycles. The molecule has 5 rings (SSSR count). The second-order valence-electron chi connectivity index (χ2n) is 8.65. The number of benzene rings is 2. The second-order valence-corrected chi connectivity index (χ2v) is 9.08. The maximum atomic E-state index is 13.5. The molecule has 0 fully saturated rings. The molecule has 2 aromatic carbocycles. The van der Waals surface area contributed by atoms with Crippen LogP contribution >= 0.6 is 11.6 Å². The Balaban J connectivity index is 1.83. The highest BCUT2D eigenvalue weighted by Crippen LogP contribution is 2.46. The molecule has 6 nitrogen and oxygen atoms in total. The molecule has 0 spiro atoms. The first-order valence-corrected chi connectivity index (χ1v) is 10.2. The van der Waals surface area contributed by atoms with E-state index in [-0.39, 0.29) is 11.2 Å². The average Bonchev–Trinajstić information content (AvgIpc) is 3.16. The molecule has 0 N–H and O–H groups in total. The Bertz CT molecular complexity index is 1320. The number of rotatable bonds is 2. The quantitative estimate of drug-likeness (QED) is 0.634. The van der Waals surface area contributed by atoms with Crippen molar-refractivity contribution in [2.45, 2.75) is 32.7 Å². The smallest absolute Gasteiger partial charge is 0.294 e. The van der Waals surface area contributed by atoms with Crippen LogP contribution in [-0.4, -0.2) is 19.7 Å². The Hall–Kier alpha value is -3.12. The lowest BCUT2D eigenvalue weighted by atomic mass is 9.74. The van der Waals surface area contributed by atoms with Gasteiger partial charge in [0.2, 0.25) is 0 Å². The summed E-state index contributed by atoms with van der Waals surface area (Å²) in [5.41, 5.74) is 1.18. The van der Waals surface area contributed by atoms with Gasteiger partial charge in [-0.05, 0) is 41.7 Å². The summed E-state index contributed by atoms with van der Waals surface area (Å²) in [6.45, 7) is 4.01. The van der Waals surface area contributed by atoms with Gasteiger partial charge in [-0.15, -0.1) is 0 Å². The largest absolute Gasteiger partial charge is 0.356 e. The van der Waals surface area contributed by atoms with Gasteiger partial charge in [-0.3, -0.25) is 4.79 Å². The van der Waals surface area contributed by atoms with Crippen LogP contribution < -0.4 is 11.4 Å². The SMILES string of the molecule is CC1(C)CC(=O)C2=C(C1)n1c(=O)n(-c3ccccc3)c(=O)n1C2c1ccc(Cl)cc1. The molecule has 0 radical (unpaired) electrons. The second kappa shape index (κ2) is 6.44. The van der Waals surface area contributed by atoms with Crippen LogP contribution in [0.4, 0.5) is 0 Å².